The molecule has 0 spiro atoms. The Hall–Kier alpha value is -3.28. The van der Waals surface area contributed by atoms with E-state index >= 15 is 0 Å². The van der Waals surface area contributed by atoms with Gasteiger partial charge in [-0.25, -0.2) is 4.79 Å². The zero-order chi connectivity index (χ0) is 20.2. The summed E-state index contributed by atoms with van der Waals surface area (Å²) in [5.41, 5.74) is 4.01. The van der Waals surface area contributed by atoms with Gasteiger partial charge < -0.3 is 20.5 Å². The molecule has 0 unspecified atom stereocenters. The largest absolute Gasteiger partial charge is 0.351 e. The molecular formula is C23H26N4O2. The topological polar surface area (TPSA) is 77.2 Å². The number of carbonyl (C=O) groups excluding carboxylic acids is 2. The Morgan fingerprint density at radius 1 is 0.862 bits per heavy atom. The number of rotatable bonds is 3. The maximum absolute atomic E-state index is 12.6. The molecule has 1 aromatic heterocycles. The number of benzene rings is 2. The maximum Gasteiger partial charge on any atom is 0.321 e. The van der Waals surface area contributed by atoms with Gasteiger partial charge in [-0.15, -0.1) is 0 Å². The minimum Gasteiger partial charge on any atom is -0.351 e. The molecule has 1 fully saturated rings. The predicted octanol–water partition coefficient (Wildman–Crippen LogP) is 5.14. The van der Waals surface area contributed by atoms with Crippen molar-refractivity contribution in [2.24, 2.45) is 0 Å². The van der Waals surface area contributed by atoms with Crippen LogP contribution < -0.4 is 10.6 Å². The molecule has 0 aliphatic carbocycles. The Morgan fingerprint density at radius 3 is 2.21 bits per heavy atom. The number of likely N-dealkylation sites (tertiary alicyclic amines) is 1. The Balaban J connectivity index is 1.38. The van der Waals surface area contributed by atoms with Crippen molar-refractivity contribution in [2.75, 3.05) is 23.7 Å². The molecule has 1 aliphatic rings. The summed E-state index contributed by atoms with van der Waals surface area (Å²) < 4.78 is 0. The first-order valence-corrected chi connectivity index (χ1v) is 10.2. The van der Waals surface area contributed by atoms with Gasteiger partial charge >= 0.3 is 6.03 Å². The number of urea groups is 1. The van der Waals surface area contributed by atoms with Crippen LogP contribution in [0, 0.1) is 6.92 Å². The van der Waals surface area contributed by atoms with E-state index in [-0.39, 0.29) is 11.9 Å². The predicted molar refractivity (Wildman–Crippen MR) is 116 cm³/mol. The summed E-state index contributed by atoms with van der Waals surface area (Å²) in [5, 5.41) is 6.84. The normalized spacial score (nSPS) is 14.4. The van der Waals surface area contributed by atoms with Crippen molar-refractivity contribution in [3.63, 3.8) is 0 Å². The smallest absolute Gasteiger partial charge is 0.321 e. The molecule has 2 heterocycles. The molecule has 0 atom stereocenters. The molecule has 4 rings (SSSR count). The lowest BCUT2D eigenvalue weighted by atomic mass is 10.2. The number of aromatic nitrogens is 1. The van der Waals surface area contributed by atoms with Crippen LogP contribution in [0.4, 0.5) is 16.2 Å². The molecule has 2 aromatic carbocycles. The number of nitrogens with zero attached hydrogens (tertiary/aromatic N) is 1. The van der Waals surface area contributed by atoms with Gasteiger partial charge in [0.25, 0.3) is 5.91 Å². The average Bonchev–Trinajstić information content (AvgIpc) is 2.94. The summed E-state index contributed by atoms with van der Waals surface area (Å²) in [6.07, 6.45) is 4.50. The third-order valence-electron chi connectivity index (χ3n) is 5.31. The zero-order valence-corrected chi connectivity index (χ0v) is 16.6. The first-order chi connectivity index (χ1) is 14.1. The molecule has 3 N–H and O–H groups in total. The van der Waals surface area contributed by atoms with Crippen LogP contribution >= 0.6 is 0 Å². The van der Waals surface area contributed by atoms with Crippen molar-refractivity contribution in [2.45, 2.75) is 32.6 Å². The van der Waals surface area contributed by atoms with Gasteiger partial charge in [0.2, 0.25) is 0 Å². The van der Waals surface area contributed by atoms with Gasteiger partial charge in [0.15, 0.2) is 0 Å². The van der Waals surface area contributed by atoms with Crippen molar-refractivity contribution in [3.05, 3.63) is 59.8 Å². The lowest BCUT2D eigenvalue weighted by Crippen LogP contribution is -2.35. The second kappa shape index (κ2) is 8.39. The summed E-state index contributed by atoms with van der Waals surface area (Å²) in [4.78, 5) is 30.0. The Bertz CT molecular complexity index is 1020. The molecule has 3 aromatic rings. The summed E-state index contributed by atoms with van der Waals surface area (Å²) >= 11 is 0. The number of anilines is 2. The number of hydrogen-bond donors (Lipinski definition) is 3. The van der Waals surface area contributed by atoms with Gasteiger partial charge in [0.1, 0.15) is 5.69 Å². The fourth-order valence-electron chi connectivity index (χ4n) is 3.67. The minimum atomic E-state index is -0.194. The number of fused-ring (bicyclic) bond motifs is 1. The lowest BCUT2D eigenvalue weighted by Gasteiger charge is -2.20. The molecule has 3 amide bonds. The second-order valence-electron chi connectivity index (χ2n) is 7.64. The van der Waals surface area contributed by atoms with E-state index in [1.165, 1.54) is 12.8 Å². The monoisotopic (exact) mass is 390 g/mol. The van der Waals surface area contributed by atoms with Crippen LogP contribution in [-0.4, -0.2) is 34.9 Å². The van der Waals surface area contributed by atoms with Gasteiger partial charge in [-0.1, -0.05) is 25.0 Å². The first-order valence-electron chi connectivity index (χ1n) is 10.2. The van der Waals surface area contributed by atoms with E-state index in [2.05, 4.69) is 15.6 Å². The molecule has 0 bridgehead atoms. The third kappa shape index (κ3) is 4.59. The van der Waals surface area contributed by atoms with Crippen LogP contribution in [0.15, 0.2) is 48.5 Å². The second-order valence-corrected chi connectivity index (χ2v) is 7.64. The fraction of sp³-hybridized carbons (Fsp3) is 0.304. The van der Waals surface area contributed by atoms with Gasteiger partial charge in [0.05, 0.1) is 0 Å². The Kier molecular flexibility index (Phi) is 5.51. The number of carbonyl (C=O) groups is 2. The number of H-pyrrole nitrogens is 1. The van der Waals surface area contributed by atoms with Crippen LogP contribution in [0.25, 0.3) is 10.9 Å². The van der Waals surface area contributed by atoms with Crippen LogP contribution in [-0.2, 0) is 0 Å². The van der Waals surface area contributed by atoms with Crippen LogP contribution in [0.5, 0.6) is 0 Å². The number of amides is 3. The third-order valence-corrected chi connectivity index (χ3v) is 5.31. The summed E-state index contributed by atoms with van der Waals surface area (Å²) in [7, 11) is 0. The highest BCUT2D eigenvalue weighted by atomic mass is 16.2. The molecule has 1 saturated heterocycles. The zero-order valence-electron chi connectivity index (χ0n) is 16.6. The SMILES string of the molecule is Cc1ccc2cc(C(=O)Nc3ccc(NC(=O)N4CCCCCC4)cc3)[nH]c2c1. The van der Waals surface area contributed by atoms with Crippen LogP contribution in [0.3, 0.4) is 0 Å². The Morgan fingerprint density at radius 2 is 1.52 bits per heavy atom. The summed E-state index contributed by atoms with van der Waals surface area (Å²) in [5.74, 6) is -0.194. The highest BCUT2D eigenvalue weighted by Crippen LogP contribution is 2.19. The van der Waals surface area contributed by atoms with Gasteiger partial charge in [0, 0.05) is 35.4 Å². The van der Waals surface area contributed by atoms with Crippen molar-refractivity contribution in [1.82, 2.24) is 9.88 Å². The standard InChI is InChI=1S/C23H26N4O2/c1-16-6-7-17-15-21(26-20(17)14-16)22(28)24-18-8-10-19(11-9-18)25-23(29)27-12-4-2-3-5-13-27/h6-11,14-15,26H,2-5,12-13H2,1H3,(H,24,28)(H,25,29). The van der Waals surface area contributed by atoms with E-state index in [0.717, 1.165) is 48.1 Å². The van der Waals surface area contributed by atoms with E-state index in [9.17, 15) is 9.59 Å². The van der Waals surface area contributed by atoms with E-state index in [1.807, 2.05) is 36.1 Å². The molecule has 6 heteroatoms. The van der Waals surface area contributed by atoms with Gasteiger partial charge in [-0.3, -0.25) is 4.79 Å². The van der Waals surface area contributed by atoms with Gasteiger partial charge in [-0.2, -0.15) is 0 Å². The van der Waals surface area contributed by atoms with Crippen LogP contribution in [0.2, 0.25) is 0 Å². The van der Waals surface area contributed by atoms with Crippen LogP contribution in [0.1, 0.15) is 41.7 Å². The van der Waals surface area contributed by atoms with E-state index in [1.54, 1.807) is 24.3 Å². The van der Waals surface area contributed by atoms with Gasteiger partial charge in [-0.05, 0) is 61.7 Å². The highest BCUT2D eigenvalue weighted by Gasteiger charge is 2.15. The molecular weight excluding hydrogens is 364 g/mol. The van der Waals surface area contributed by atoms with E-state index < -0.39 is 0 Å². The minimum absolute atomic E-state index is 0.0583. The van der Waals surface area contributed by atoms with Crippen molar-refractivity contribution < 1.29 is 9.59 Å². The van der Waals surface area contributed by atoms with Crippen molar-refractivity contribution in [3.8, 4) is 0 Å². The van der Waals surface area contributed by atoms with E-state index in [0.29, 0.717) is 11.4 Å². The maximum atomic E-state index is 12.6. The molecule has 0 radical (unpaired) electrons. The summed E-state index contributed by atoms with van der Waals surface area (Å²) in [6, 6.07) is 15.0. The average molecular weight is 390 g/mol. The molecule has 150 valence electrons. The molecule has 0 saturated carbocycles. The lowest BCUT2D eigenvalue weighted by molar-refractivity contribution is 0.102. The summed E-state index contributed by atoms with van der Waals surface area (Å²) in [6.45, 7) is 3.64. The number of aryl methyl sites for hydroxylation is 1. The first kappa shape index (κ1) is 19.1. The number of aromatic amines is 1. The highest BCUT2D eigenvalue weighted by molar-refractivity contribution is 6.06. The number of nitrogens with one attached hydrogen (secondary N) is 3. The fourth-order valence-corrected chi connectivity index (χ4v) is 3.67. The molecule has 1 aliphatic heterocycles. The quantitative estimate of drug-likeness (QED) is 0.579. The Labute approximate surface area is 170 Å². The molecule has 6 nitrogen and oxygen atoms in total. The van der Waals surface area contributed by atoms with E-state index in [4.69, 9.17) is 0 Å². The number of hydrogen-bond acceptors (Lipinski definition) is 2. The molecule has 29 heavy (non-hydrogen) atoms. The van der Waals surface area contributed by atoms with Crippen molar-refractivity contribution >= 4 is 34.2 Å². The van der Waals surface area contributed by atoms with Crippen molar-refractivity contribution in [1.29, 1.82) is 0 Å².